The Morgan fingerprint density at radius 3 is 2.70 bits per heavy atom. The maximum atomic E-state index is 13.1. The summed E-state index contributed by atoms with van der Waals surface area (Å²) in [5, 5.41) is 15.1. The number of aryl methyl sites for hydroxylation is 1. The molecule has 1 aliphatic rings. The molecule has 2 rings (SSSR count). The number of rotatable bonds is 3. The predicted molar refractivity (Wildman–Crippen MR) is 74.8 cm³/mol. The van der Waals surface area contributed by atoms with Crippen LogP contribution < -0.4 is 10.6 Å². The van der Waals surface area contributed by atoms with Gasteiger partial charge in [0.1, 0.15) is 5.82 Å². The Bertz CT molecular complexity index is 471. The van der Waals surface area contributed by atoms with Gasteiger partial charge in [-0.05, 0) is 49.8 Å². The number of urea groups is 1. The van der Waals surface area contributed by atoms with Crippen molar-refractivity contribution < 1.29 is 14.3 Å². The van der Waals surface area contributed by atoms with Crippen LogP contribution in [0, 0.1) is 12.7 Å². The molecule has 1 aliphatic carbocycles. The molecular weight excluding hydrogens is 259 g/mol. The summed E-state index contributed by atoms with van der Waals surface area (Å²) in [5.74, 6) is -0.237. The monoisotopic (exact) mass is 280 g/mol. The molecule has 0 aliphatic heterocycles. The molecule has 5 heteroatoms. The Morgan fingerprint density at radius 2 is 2.05 bits per heavy atom. The lowest BCUT2D eigenvalue weighted by Gasteiger charge is -2.26. The SMILES string of the molecule is Cc1cc(CNC(=O)NC2CCC(O)CC2)ccc1F. The number of hydrogen-bond donors (Lipinski definition) is 3. The highest BCUT2D eigenvalue weighted by atomic mass is 19.1. The van der Waals surface area contributed by atoms with Gasteiger partial charge < -0.3 is 15.7 Å². The second kappa shape index (κ2) is 6.70. The number of benzene rings is 1. The third-order valence-corrected chi connectivity index (χ3v) is 3.71. The molecule has 0 bridgehead atoms. The highest BCUT2D eigenvalue weighted by Crippen LogP contribution is 2.18. The average Bonchev–Trinajstić information content (AvgIpc) is 2.43. The molecule has 0 unspecified atom stereocenters. The van der Waals surface area contributed by atoms with Crippen LogP contribution in [0.3, 0.4) is 0 Å². The molecule has 0 saturated heterocycles. The molecule has 110 valence electrons. The lowest BCUT2D eigenvalue weighted by Crippen LogP contribution is -2.43. The fraction of sp³-hybridized carbons (Fsp3) is 0.533. The minimum Gasteiger partial charge on any atom is -0.393 e. The van der Waals surface area contributed by atoms with Gasteiger partial charge in [0.05, 0.1) is 6.10 Å². The Kier molecular flexibility index (Phi) is 4.95. The summed E-state index contributed by atoms with van der Waals surface area (Å²) in [6.07, 6.45) is 2.87. The van der Waals surface area contributed by atoms with E-state index in [0.717, 1.165) is 31.2 Å². The minimum atomic E-state index is -0.237. The molecule has 3 N–H and O–H groups in total. The molecule has 0 radical (unpaired) electrons. The van der Waals surface area contributed by atoms with Crippen LogP contribution in [-0.4, -0.2) is 23.3 Å². The van der Waals surface area contributed by atoms with Gasteiger partial charge in [0.25, 0.3) is 0 Å². The van der Waals surface area contributed by atoms with E-state index < -0.39 is 0 Å². The second-order valence-electron chi connectivity index (χ2n) is 5.42. The standard InChI is InChI=1S/C15H21FN2O2/c1-10-8-11(2-7-14(10)16)9-17-15(20)18-12-3-5-13(19)6-4-12/h2,7-8,12-13,19H,3-6,9H2,1H3,(H2,17,18,20). The Labute approximate surface area is 118 Å². The van der Waals surface area contributed by atoms with E-state index in [4.69, 9.17) is 0 Å². The normalized spacial score (nSPS) is 22.4. The topological polar surface area (TPSA) is 61.4 Å². The lowest BCUT2D eigenvalue weighted by atomic mass is 9.93. The molecular formula is C15H21FN2O2. The number of carbonyl (C=O) groups excluding carboxylic acids is 1. The first-order valence-corrected chi connectivity index (χ1v) is 7.02. The first kappa shape index (κ1) is 14.8. The van der Waals surface area contributed by atoms with Crippen LogP contribution in [-0.2, 0) is 6.54 Å². The maximum Gasteiger partial charge on any atom is 0.315 e. The van der Waals surface area contributed by atoms with E-state index in [1.54, 1.807) is 19.1 Å². The van der Waals surface area contributed by atoms with Crippen molar-refractivity contribution in [2.45, 2.75) is 51.3 Å². The van der Waals surface area contributed by atoms with E-state index >= 15 is 0 Å². The zero-order chi connectivity index (χ0) is 14.5. The number of halogens is 1. The van der Waals surface area contributed by atoms with Crippen LogP contribution in [0.25, 0.3) is 0 Å². The van der Waals surface area contributed by atoms with Crippen molar-refractivity contribution in [2.24, 2.45) is 0 Å². The van der Waals surface area contributed by atoms with Crippen LogP contribution in [0.4, 0.5) is 9.18 Å². The Balaban J connectivity index is 1.76. The van der Waals surface area contributed by atoms with E-state index in [1.807, 2.05) is 0 Å². The summed E-state index contributed by atoms with van der Waals surface area (Å²) in [4.78, 5) is 11.8. The second-order valence-corrected chi connectivity index (χ2v) is 5.42. The van der Waals surface area contributed by atoms with E-state index in [0.29, 0.717) is 12.1 Å². The molecule has 2 amide bonds. The molecule has 0 spiro atoms. The molecule has 1 saturated carbocycles. The number of amides is 2. The zero-order valence-corrected chi connectivity index (χ0v) is 11.7. The zero-order valence-electron chi connectivity index (χ0n) is 11.7. The molecule has 1 fully saturated rings. The van der Waals surface area contributed by atoms with Crippen molar-refractivity contribution in [3.63, 3.8) is 0 Å². The van der Waals surface area contributed by atoms with Crippen LogP contribution in [0.15, 0.2) is 18.2 Å². The molecule has 20 heavy (non-hydrogen) atoms. The van der Waals surface area contributed by atoms with Crippen molar-refractivity contribution in [2.75, 3.05) is 0 Å². The van der Waals surface area contributed by atoms with E-state index in [-0.39, 0.29) is 24.0 Å². The minimum absolute atomic E-state index is 0.133. The molecule has 0 atom stereocenters. The summed E-state index contributed by atoms with van der Waals surface area (Å²) in [5.41, 5.74) is 1.45. The van der Waals surface area contributed by atoms with Gasteiger partial charge in [0, 0.05) is 12.6 Å². The van der Waals surface area contributed by atoms with Crippen molar-refractivity contribution in [3.05, 3.63) is 35.1 Å². The maximum absolute atomic E-state index is 13.1. The number of hydrogen-bond acceptors (Lipinski definition) is 2. The highest BCUT2D eigenvalue weighted by Gasteiger charge is 2.20. The number of nitrogens with one attached hydrogen (secondary N) is 2. The average molecular weight is 280 g/mol. The van der Waals surface area contributed by atoms with Crippen LogP contribution >= 0.6 is 0 Å². The van der Waals surface area contributed by atoms with Gasteiger partial charge in [0.2, 0.25) is 0 Å². The highest BCUT2D eigenvalue weighted by molar-refractivity contribution is 5.74. The third kappa shape index (κ3) is 4.20. The Hall–Kier alpha value is -1.62. The van der Waals surface area contributed by atoms with Crippen molar-refractivity contribution in [1.82, 2.24) is 10.6 Å². The van der Waals surface area contributed by atoms with Gasteiger partial charge in [-0.15, -0.1) is 0 Å². The predicted octanol–water partition coefficient (Wildman–Crippen LogP) is 2.24. The van der Waals surface area contributed by atoms with E-state index in [1.165, 1.54) is 6.07 Å². The fourth-order valence-electron chi connectivity index (χ4n) is 2.46. The lowest BCUT2D eigenvalue weighted by molar-refractivity contribution is 0.117. The summed E-state index contributed by atoms with van der Waals surface area (Å²) in [6, 6.07) is 4.72. The summed E-state index contributed by atoms with van der Waals surface area (Å²) < 4.78 is 13.1. The summed E-state index contributed by atoms with van der Waals surface area (Å²) >= 11 is 0. The Morgan fingerprint density at radius 1 is 1.35 bits per heavy atom. The number of carbonyl (C=O) groups is 1. The molecule has 1 aromatic rings. The van der Waals surface area contributed by atoms with Gasteiger partial charge >= 0.3 is 6.03 Å². The fourth-order valence-corrected chi connectivity index (χ4v) is 2.46. The number of aliphatic hydroxyl groups excluding tert-OH is 1. The quantitative estimate of drug-likeness (QED) is 0.795. The van der Waals surface area contributed by atoms with Crippen LogP contribution in [0.2, 0.25) is 0 Å². The summed E-state index contributed by atoms with van der Waals surface area (Å²) in [6.45, 7) is 2.08. The van der Waals surface area contributed by atoms with Crippen molar-refractivity contribution in [3.8, 4) is 0 Å². The molecule has 0 heterocycles. The van der Waals surface area contributed by atoms with Crippen LogP contribution in [0.5, 0.6) is 0 Å². The number of aliphatic hydroxyl groups is 1. The van der Waals surface area contributed by atoms with Crippen molar-refractivity contribution >= 4 is 6.03 Å². The molecule has 4 nitrogen and oxygen atoms in total. The van der Waals surface area contributed by atoms with E-state index in [2.05, 4.69) is 10.6 Å². The first-order chi connectivity index (χ1) is 9.54. The van der Waals surface area contributed by atoms with Gasteiger partial charge in [-0.2, -0.15) is 0 Å². The molecule has 1 aromatic carbocycles. The summed E-state index contributed by atoms with van der Waals surface area (Å²) in [7, 11) is 0. The largest absolute Gasteiger partial charge is 0.393 e. The smallest absolute Gasteiger partial charge is 0.315 e. The first-order valence-electron chi connectivity index (χ1n) is 7.02. The van der Waals surface area contributed by atoms with Gasteiger partial charge in [-0.1, -0.05) is 12.1 Å². The van der Waals surface area contributed by atoms with Gasteiger partial charge in [-0.25, -0.2) is 9.18 Å². The molecule has 0 aromatic heterocycles. The van der Waals surface area contributed by atoms with Gasteiger partial charge in [0.15, 0.2) is 0 Å². The van der Waals surface area contributed by atoms with Crippen molar-refractivity contribution in [1.29, 1.82) is 0 Å². The third-order valence-electron chi connectivity index (χ3n) is 3.71. The van der Waals surface area contributed by atoms with Crippen LogP contribution in [0.1, 0.15) is 36.8 Å². The van der Waals surface area contributed by atoms with E-state index in [9.17, 15) is 14.3 Å². The van der Waals surface area contributed by atoms with Gasteiger partial charge in [-0.3, -0.25) is 0 Å².